The second kappa shape index (κ2) is 17.1. The fraction of sp³-hybridized carbons (Fsp3) is 0.0769. The number of rotatable bonds is 9. The number of ether oxygens (including phenoxy) is 1. The van der Waals surface area contributed by atoms with Crippen molar-refractivity contribution in [1.82, 2.24) is 0 Å². The Morgan fingerprint density at radius 1 is 0.386 bits per heavy atom. The Bertz CT molecular complexity index is 3800. The highest BCUT2D eigenvalue weighted by atomic mass is 28.3. The van der Waals surface area contributed by atoms with E-state index in [1.165, 1.54) is 5.19 Å². The first-order valence-electron chi connectivity index (χ1n) is 24.1. The van der Waals surface area contributed by atoms with Gasteiger partial charge in [0.1, 0.15) is 17.3 Å². The predicted octanol–water partition coefficient (Wildman–Crippen LogP) is 18.5. The standard InChI is InChI=1S/C65H51FN2OSi/c1-42-26-32-52-55(34-42)56-40-59-53-33-29-50(67(47-22-14-8-15-23-47)49-27-30-51(31-28-49)70(3,4)5)39-62(53)69-63-36-43(2)35-58(64(59)63)57(56)41-61(52)68(48-24-16-9-17-25-48)65-54(45-20-12-7-13-21-45)37-46(38-60(65)66)44-18-10-6-11-19-44/h6-41H,1-5H3. The van der Waals surface area contributed by atoms with Crippen LogP contribution in [0.25, 0.3) is 65.7 Å². The first-order valence-corrected chi connectivity index (χ1v) is 27.6. The van der Waals surface area contributed by atoms with E-state index >= 15 is 4.39 Å². The zero-order valence-electron chi connectivity index (χ0n) is 40.0. The van der Waals surface area contributed by atoms with Gasteiger partial charge in [0.15, 0.2) is 0 Å². The van der Waals surface area contributed by atoms with Crippen molar-refractivity contribution in [2.75, 3.05) is 9.80 Å². The summed E-state index contributed by atoms with van der Waals surface area (Å²) in [6, 6.07) is 76.4. The Hall–Kier alpha value is -8.25. The lowest BCUT2D eigenvalue weighted by Crippen LogP contribution is -2.37. The second-order valence-corrected chi connectivity index (χ2v) is 24.7. The molecule has 70 heavy (non-hydrogen) atoms. The molecular weight excluding hydrogens is 872 g/mol. The minimum atomic E-state index is -1.50. The molecule has 11 aromatic rings. The van der Waals surface area contributed by atoms with Crippen LogP contribution in [0.2, 0.25) is 19.6 Å². The van der Waals surface area contributed by atoms with Gasteiger partial charge >= 0.3 is 0 Å². The van der Waals surface area contributed by atoms with Crippen molar-refractivity contribution < 1.29 is 9.13 Å². The summed E-state index contributed by atoms with van der Waals surface area (Å²) in [5, 5.41) is 7.89. The van der Waals surface area contributed by atoms with Crippen LogP contribution in [0.1, 0.15) is 11.1 Å². The highest BCUT2D eigenvalue weighted by molar-refractivity contribution is 6.88. The Balaban J connectivity index is 1.09. The molecule has 0 amide bonds. The van der Waals surface area contributed by atoms with Crippen LogP contribution >= 0.6 is 0 Å². The lowest BCUT2D eigenvalue weighted by Gasteiger charge is -2.31. The van der Waals surface area contributed by atoms with Crippen molar-refractivity contribution in [2.24, 2.45) is 0 Å². The van der Waals surface area contributed by atoms with Crippen molar-refractivity contribution in [3.05, 3.63) is 235 Å². The Kier molecular flexibility index (Phi) is 10.5. The third-order valence-electron chi connectivity index (χ3n) is 13.9. The number of anilines is 6. The van der Waals surface area contributed by atoms with Crippen LogP contribution in [0.5, 0.6) is 11.5 Å². The summed E-state index contributed by atoms with van der Waals surface area (Å²) in [4.78, 5) is 4.45. The quantitative estimate of drug-likeness (QED) is 0.106. The molecular formula is C65H51FN2OSi. The normalized spacial score (nSPS) is 12.0. The summed E-state index contributed by atoms with van der Waals surface area (Å²) in [5.74, 6) is 1.32. The third-order valence-corrected chi connectivity index (χ3v) is 15.9. The molecule has 0 spiro atoms. The molecule has 1 aliphatic rings. The minimum absolute atomic E-state index is 0.309. The SMILES string of the molecule is Cc1ccc2c(N(c3ccccc3)c3c(F)cc(-c4ccccc4)cc3-c3ccccc3)cc3c4cc(C)cc5c4c(cc3c2c1)-c1ccc(N(c2ccccc2)c2ccc([Si](C)(C)C)cc2)cc1O5. The van der Waals surface area contributed by atoms with E-state index in [4.69, 9.17) is 4.74 Å². The molecule has 3 nitrogen and oxygen atoms in total. The molecule has 338 valence electrons. The molecule has 11 aromatic carbocycles. The van der Waals surface area contributed by atoms with Gasteiger partial charge < -0.3 is 14.5 Å². The van der Waals surface area contributed by atoms with Crippen molar-refractivity contribution in [3.63, 3.8) is 0 Å². The highest BCUT2D eigenvalue weighted by Gasteiger charge is 2.29. The first kappa shape index (κ1) is 43.1. The molecule has 1 aliphatic heterocycles. The van der Waals surface area contributed by atoms with Gasteiger partial charge in [-0.15, -0.1) is 0 Å². The minimum Gasteiger partial charge on any atom is -0.456 e. The van der Waals surface area contributed by atoms with Crippen molar-refractivity contribution in [3.8, 4) is 44.9 Å². The van der Waals surface area contributed by atoms with Crippen LogP contribution in [0.15, 0.2) is 218 Å². The lowest BCUT2D eigenvalue weighted by molar-refractivity contribution is 0.487. The van der Waals surface area contributed by atoms with Crippen LogP contribution in [0, 0.1) is 19.7 Å². The topological polar surface area (TPSA) is 15.7 Å². The number of aryl methyl sites for hydroxylation is 2. The summed E-state index contributed by atoms with van der Waals surface area (Å²) in [5.41, 5.74) is 13.3. The van der Waals surface area contributed by atoms with Crippen molar-refractivity contribution in [2.45, 2.75) is 33.5 Å². The molecule has 0 saturated carbocycles. The van der Waals surface area contributed by atoms with E-state index < -0.39 is 8.07 Å². The van der Waals surface area contributed by atoms with Gasteiger partial charge in [0.25, 0.3) is 0 Å². The fourth-order valence-electron chi connectivity index (χ4n) is 10.5. The fourth-order valence-corrected chi connectivity index (χ4v) is 11.7. The van der Waals surface area contributed by atoms with E-state index in [9.17, 15) is 0 Å². The first-order chi connectivity index (χ1) is 34.1. The van der Waals surface area contributed by atoms with E-state index in [-0.39, 0.29) is 5.82 Å². The van der Waals surface area contributed by atoms with Gasteiger partial charge in [-0.3, -0.25) is 0 Å². The smallest absolute Gasteiger partial charge is 0.148 e. The average molecular weight is 923 g/mol. The third kappa shape index (κ3) is 7.51. The zero-order valence-corrected chi connectivity index (χ0v) is 41.0. The molecule has 0 unspecified atom stereocenters. The van der Waals surface area contributed by atoms with Gasteiger partial charge in [0.2, 0.25) is 0 Å². The summed E-state index contributed by atoms with van der Waals surface area (Å²) >= 11 is 0. The average Bonchev–Trinajstić information content (AvgIpc) is 3.38. The van der Waals surface area contributed by atoms with Gasteiger partial charge in [-0.05, 0) is 142 Å². The van der Waals surface area contributed by atoms with Crippen LogP contribution < -0.4 is 19.7 Å². The van der Waals surface area contributed by atoms with Gasteiger partial charge in [-0.2, -0.15) is 0 Å². The summed E-state index contributed by atoms with van der Waals surface area (Å²) in [6.45, 7) is 11.5. The molecule has 0 aromatic heterocycles. The van der Waals surface area contributed by atoms with Gasteiger partial charge in [-0.1, -0.05) is 164 Å². The van der Waals surface area contributed by atoms with E-state index in [0.29, 0.717) is 5.69 Å². The Labute approximate surface area is 410 Å². The molecule has 0 N–H and O–H groups in total. The molecule has 0 atom stereocenters. The van der Waals surface area contributed by atoms with Crippen molar-refractivity contribution in [1.29, 1.82) is 0 Å². The van der Waals surface area contributed by atoms with E-state index in [1.807, 2.05) is 66.7 Å². The molecule has 0 aliphatic carbocycles. The van der Waals surface area contributed by atoms with Crippen LogP contribution in [-0.4, -0.2) is 8.07 Å². The summed E-state index contributed by atoms with van der Waals surface area (Å²) in [6.07, 6.45) is 0. The van der Waals surface area contributed by atoms with Crippen LogP contribution in [-0.2, 0) is 0 Å². The van der Waals surface area contributed by atoms with E-state index in [1.54, 1.807) is 6.07 Å². The molecule has 0 radical (unpaired) electrons. The van der Waals surface area contributed by atoms with Gasteiger partial charge in [0.05, 0.1) is 19.4 Å². The van der Waals surface area contributed by atoms with E-state index in [0.717, 1.165) is 117 Å². The maximum Gasteiger partial charge on any atom is 0.148 e. The monoisotopic (exact) mass is 922 g/mol. The highest BCUT2D eigenvalue weighted by Crippen LogP contribution is 2.54. The number of para-hydroxylation sites is 2. The summed E-state index contributed by atoms with van der Waals surface area (Å²) < 4.78 is 24.8. The summed E-state index contributed by atoms with van der Waals surface area (Å²) in [7, 11) is -1.50. The maximum atomic E-state index is 17.8. The molecule has 1 heterocycles. The second-order valence-electron chi connectivity index (χ2n) is 19.7. The van der Waals surface area contributed by atoms with Crippen LogP contribution in [0.4, 0.5) is 38.5 Å². The van der Waals surface area contributed by atoms with Gasteiger partial charge in [0, 0.05) is 50.7 Å². The molecule has 12 rings (SSSR count). The molecule has 0 bridgehead atoms. The molecule has 0 fully saturated rings. The number of hydrogen-bond donors (Lipinski definition) is 0. The largest absolute Gasteiger partial charge is 0.456 e. The number of nitrogens with zero attached hydrogens (tertiary/aromatic N) is 2. The predicted molar refractivity (Wildman–Crippen MR) is 297 cm³/mol. The van der Waals surface area contributed by atoms with Gasteiger partial charge in [-0.25, -0.2) is 4.39 Å². The molecule has 0 saturated heterocycles. The Morgan fingerprint density at radius 3 is 1.63 bits per heavy atom. The Morgan fingerprint density at radius 2 is 0.957 bits per heavy atom. The maximum absolute atomic E-state index is 17.8. The number of fused-ring (bicyclic) bond motifs is 6. The number of halogens is 1. The number of benzene rings is 11. The zero-order chi connectivity index (χ0) is 47.7. The van der Waals surface area contributed by atoms with Crippen LogP contribution in [0.3, 0.4) is 0 Å². The lowest BCUT2D eigenvalue weighted by atomic mass is 9.87. The number of hydrogen-bond acceptors (Lipinski definition) is 3. The van der Waals surface area contributed by atoms with Crippen molar-refractivity contribution >= 4 is 79.7 Å². The molecule has 5 heteroatoms. The van der Waals surface area contributed by atoms with E-state index in [2.05, 4.69) is 189 Å².